The summed E-state index contributed by atoms with van der Waals surface area (Å²) in [6, 6.07) is 0. The standard InChI is InChI=1S/C12H21N3/c1-10(2)8-14-12(13)15-9-11-6-4-3-5-7-11/h6H,1,3-5,7-9H2,2H3,(H3,13,14,15). The van der Waals surface area contributed by atoms with E-state index >= 15 is 0 Å². The van der Waals surface area contributed by atoms with E-state index in [0.29, 0.717) is 12.5 Å². The van der Waals surface area contributed by atoms with Gasteiger partial charge in [0.1, 0.15) is 0 Å². The molecule has 1 aliphatic carbocycles. The predicted octanol–water partition coefficient (Wildman–Crippen LogP) is 1.97. The number of nitrogens with two attached hydrogens (primary N) is 1. The van der Waals surface area contributed by atoms with E-state index in [0.717, 1.165) is 12.1 Å². The first kappa shape index (κ1) is 11.8. The monoisotopic (exact) mass is 207 g/mol. The van der Waals surface area contributed by atoms with Gasteiger partial charge in [-0.1, -0.05) is 23.8 Å². The summed E-state index contributed by atoms with van der Waals surface area (Å²) < 4.78 is 0. The summed E-state index contributed by atoms with van der Waals surface area (Å²) in [5.41, 5.74) is 8.19. The van der Waals surface area contributed by atoms with E-state index in [4.69, 9.17) is 5.73 Å². The minimum atomic E-state index is 0.518. The number of hydrogen-bond acceptors (Lipinski definition) is 1. The van der Waals surface area contributed by atoms with Gasteiger partial charge in [0.2, 0.25) is 0 Å². The molecule has 3 N–H and O–H groups in total. The summed E-state index contributed by atoms with van der Waals surface area (Å²) >= 11 is 0. The highest BCUT2D eigenvalue weighted by atomic mass is 15.1. The molecule has 0 bridgehead atoms. The minimum absolute atomic E-state index is 0.518. The van der Waals surface area contributed by atoms with Crippen molar-refractivity contribution in [1.82, 2.24) is 5.32 Å². The van der Waals surface area contributed by atoms with Crippen molar-refractivity contribution < 1.29 is 0 Å². The lowest BCUT2D eigenvalue weighted by Crippen LogP contribution is -2.33. The van der Waals surface area contributed by atoms with E-state index < -0.39 is 0 Å². The summed E-state index contributed by atoms with van der Waals surface area (Å²) in [7, 11) is 0. The SMILES string of the molecule is C=C(C)CNC(N)=NCC1=CCCCC1. The normalized spacial score (nSPS) is 17.1. The Hall–Kier alpha value is -1.25. The number of rotatable bonds is 4. The van der Waals surface area contributed by atoms with Gasteiger partial charge in [-0.25, -0.2) is 4.99 Å². The van der Waals surface area contributed by atoms with Gasteiger partial charge >= 0.3 is 0 Å². The van der Waals surface area contributed by atoms with Crippen LogP contribution in [0, 0.1) is 0 Å². The first-order valence-electron chi connectivity index (χ1n) is 5.54. The molecule has 0 amide bonds. The Balaban J connectivity index is 2.29. The number of nitrogens with zero attached hydrogens (tertiary/aromatic N) is 1. The fourth-order valence-electron chi connectivity index (χ4n) is 1.53. The summed E-state index contributed by atoms with van der Waals surface area (Å²) in [6.45, 7) is 7.20. The maximum atomic E-state index is 5.71. The molecule has 84 valence electrons. The quantitative estimate of drug-likeness (QED) is 0.420. The molecule has 0 aliphatic heterocycles. The number of guanidine groups is 1. The van der Waals surface area contributed by atoms with Gasteiger partial charge in [0, 0.05) is 6.54 Å². The van der Waals surface area contributed by atoms with Crippen LogP contribution in [0.25, 0.3) is 0 Å². The Morgan fingerprint density at radius 1 is 1.60 bits per heavy atom. The molecule has 0 aromatic carbocycles. The largest absolute Gasteiger partial charge is 0.370 e. The fraction of sp³-hybridized carbons (Fsp3) is 0.583. The van der Waals surface area contributed by atoms with Crippen molar-refractivity contribution in [2.45, 2.75) is 32.6 Å². The highest BCUT2D eigenvalue weighted by molar-refractivity contribution is 5.78. The van der Waals surface area contributed by atoms with Crippen LogP contribution in [0.2, 0.25) is 0 Å². The smallest absolute Gasteiger partial charge is 0.189 e. The van der Waals surface area contributed by atoms with Crippen molar-refractivity contribution in [3.8, 4) is 0 Å². The molecule has 0 atom stereocenters. The second-order valence-electron chi connectivity index (χ2n) is 4.12. The molecular weight excluding hydrogens is 186 g/mol. The zero-order valence-corrected chi connectivity index (χ0v) is 9.55. The Kier molecular flexibility index (Phi) is 4.95. The average Bonchev–Trinajstić information content (AvgIpc) is 2.25. The van der Waals surface area contributed by atoms with E-state index in [9.17, 15) is 0 Å². The third-order valence-corrected chi connectivity index (χ3v) is 2.41. The van der Waals surface area contributed by atoms with Crippen LogP contribution in [0.1, 0.15) is 32.6 Å². The molecule has 1 rings (SSSR count). The van der Waals surface area contributed by atoms with Gasteiger partial charge in [0.25, 0.3) is 0 Å². The Labute approximate surface area is 92.2 Å². The van der Waals surface area contributed by atoms with E-state index in [2.05, 4.69) is 23.0 Å². The lowest BCUT2D eigenvalue weighted by Gasteiger charge is -2.11. The second kappa shape index (κ2) is 6.27. The third-order valence-electron chi connectivity index (χ3n) is 2.41. The molecule has 0 spiro atoms. The first-order chi connectivity index (χ1) is 7.18. The van der Waals surface area contributed by atoms with Gasteiger partial charge < -0.3 is 11.1 Å². The van der Waals surface area contributed by atoms with Crippen molar-refractivity contribution in [1.29, 1.82) is 0 Å². The molecule has 0 unspecified atom stereocenters. The van der Waals surface area contributed by atoms with Crippen molar-refractivity contribution in [3.05, 3.63) is 23.8 Å². The lowest BCUT2D eigenvalue weighted by atomic mass is 10.00. The molecule has 1 aliphatic rings. The van der Waals surface area contributed by atoms with Crippen LogP contribution in [0.3, 0.4) is 0 Å². The number of allylic oxidation sites excluding steroid dienone is 1. The van der Waals surface area contributed by atoms with Crippen LogP contribution < -0.4 is 11.1 Å². The molecule has 15 heavy (non-hydrogen) atoms. The number of aliphatic imine (C=N–C) groups is 1. The van der Waals surface area contributed by atoms with E-state index in [1.807, 2.05) is 6.92 Å². The van der Waals surface area contributed by atoms with Gasteiger partial charge in [-0.2, -0.15) is 0 Å². The molecule has 0 aromatic rings. The zero-order chi connectivity index (χ0) is 11.1. The number of nitrogens with one attached hydrogen (secondary N) is 1. The summed E-state index contributed by atoms with van der Waals surface area (Å²) in [5.74, 6) is 0.518. The van der Waals surface area contributed by atoms with Crippen molar-refractivity contribution in [3.63, 3.8) is 0 Å². The topological polar surface area (TPSA) is 50.4 Å². The van der Waals surface area contributed by atoms with Crippen LogP contribution in [0.5, 0.6) is 0 Å². The van der Waals surface area contributed by atoms with Crippen molar-refractivity contribution in [2.75, 3.05) is 13.1 Å². The third kappa shape index (κ3) is 5.25. The molecule has 0 fully saturated rings. The summed E-state index contributed by atoms with van der Waals surface area (Å²) in [5, 5.41) is 3.02. The number of hydrogen-bond donors (Lipinski definition) is 2. The van der Waals surface area contributed by atoms with Crippen LogP contribution in [0.4, 0.5) is 0 Å². The van der Waals surface area contributed by atoms with Gasteiger partial charge in [0.05, 0.1) is 6.54 Å². The highest BCUT2D eigenvalue weighted by Crippen LogP contribution is 2.16. The Bertz CT molecular complexity index is 277. The van der Waals surface area contributed by atoms with Crippen LogP contribution in [-0.2, 0) is 0 Å². The molecule has 0 aromatic heterocycles. The molecule has 0 saturated heterocycles. The van der Waals surface area contributed by atoms with Crippen LogP contribution in [-0.4, -0.2) is 19.0 Å². The molecule has 0 radical (unpaired) electrons. The highest BCUT2D eigenvalue weighted by Gasteiger charge is 2.02. The lowest BCUT2D eigenvalue weighted by molar-refractivity contribution is 0.691. The van der Waals surface area contributed by atoms with E-state index in [1.54, 1.807) is 0 Å². The maximum Gasteiger partial charge on any atom is 0.189 e. The van der Waals surface area contributed by atoms with Crippen LogP contribution >= 0.6 is 0 Å². The van der Waals surface area contributed by atoms with E-state index in [-0.39, 0.29) is 0 Å². The molecular formula is C12H21N3. The fourth-order valence-corrected chi connectivity index (χ4v) is 1.53. The molecule has 0 heterocycles. The van der Waals surface area contributed by atoms with Crippen molar-refractivity contribution in [2.24, 2.45) is 10.7 Å². The van der Waals surface area contributed by atoms with Crippen molar-refractivity contribution >= 4 is 5.96 Å². The second-order valence-corrected chi connectivity index (χ2v) is 4.12. The zero-order valence-electron chi connectivity index (χ0n) is 9.55. The summed E-state index contributed by atoms with van der Waals surface area (Å²) in [4.78, 5) is 4.29. The summed E-state index contributed by atoms with van der Waals surface area (Å²) in [6.07, 6.45) is 7.28. The Morgan fingerprint density at radius 2 is 2.40 bits per heavy atom. The molecule has 3 nitrogen and oxygen atoms in total. The van der Waals surface area contributed by atoms with Gasteiger partial charge in [-0.15, -0.1) is 0 Å². The van der Waals surface area contributed by atoms with Gasteiger partial charge in [-0.05, 0) is 32.6 Å². The Morgan fingerprint density at radius 3 is 3.00 bits per heavy atom. The average molecular weight is 207 g/mol. The van der Waals surface area contributed by atoms with E-state index in [1.165, 1.54) is 31.3 Å². The molecule has 3 heteroatoms. The van der Waals surface area contributed by atoms with Gasteiger partial charge in [0.15, 0.2) is 5.96 Å². The van der Waals surface area contributed by atoms with Gasteiger partial charge in [-0.3, -0.25) is 0 Å². The predicted molar refractivity (Wildman–Crippen MR) is 65.9 cm³/mol. The van der Waals surface area contributed by atoms with Crippen LogP contribution in [0.15, 0.2) is 28.8 Å². The first-order valence-corrected chi connectivity index (χ1v) is 5.54. The molecule has 0 saturated carbocycles. The maximum absolute atomic E-state index is 5.71. The minimum Gasteiger partial charge on any atom is -0.370 e.